The van der Waals surface area contributed by atoms with Gasteiger partial charge in [-0.05, 0) is 42.7 Å². The molecule has 1 unspecified atom stereocenters. The molecule has 0 radical (unpaired) electrons. The maximum atomic E-state index is 13.1. The van der Waals surface area contributed by atoms with E-state index in [1.54, 1.807) is 24.3 Å². The van der Waals surface area contributed by atoms with Gasteiger partial charge in [0.2, 0.25) is 10.0 Å². The van der Waals surface area contributed by atoms with E-state index < -0.39 is 10.0 Å². The lowest BCUT2D eigenvalue weighted by Crippen LogP contribution is -2.30. The van der Waals surface area contributed by atoms with Gasteiger partial charge in [0.15, 0.2) is 0 Å². The Hall–Kier alpha value is -3.12. The lowest BCUT2D eigenvalue weighted by molar-refractivity contribution is 0.0943. The van der Waals surface area contributed by atoms with E-state index in [2.05, 4.69) is 5.32 Å². The molecule has 0 saturated carbocycles. The minimum atomic E-state index is -3.29. The smallest absolute Gasteiger partial charge is 0.252 e. The maximum Gasteiger partial charge on any atom is 0.252 e. The molecule has 1 atom stereocenters. The molecule has 0 spiro atoms. The largest absolute Gasteiger partial charge is 0.341 e. The van der Waals surface area contributed by atoms with Gasteiger partial charge in [-0.2, -0.15) is 0 Å². The van der Waals surface area contributed by atoms with E-state index in [1.807, 2.05) is 61.5 Å². The summed E-state index contributed by atoms with van der Waals surface area (Å²) in [4.78, 5) is 13.1. The molecule has 5 nitrogen and oxygen atoms in total. The van der Waals surface area contributed by atoms with Crippen molar-refractivity contribution in [2.75, 3.05) is 16.6 Å². The maximum absolute atomic E-state index is 13.1. The number of nitrogens with zero attached hydrogens (tertiary/aromatic N) is 1. The van der Waals surface area contributed by atoms with Gasteiger partial charge in [0.05, 0.1) is 17.5 Å². The third kappa shape index (κ3) is 4.24. The first-order valence-electron chi connectivity index (χ1n) is 9.97. The monoisotopic (exact) mass is 420 g/mol. The van der Waals surface area contributed by atoms with Crippen molar-refractivity contribution in [3.05, 3.63) is 101 Å². The van der Waals surface area contributed by atoms with Crippen LogP contribution >= 0.6 is 0 Å². The fourth-order valence-corrected chi connectivity index (χ4v) is 5.27. The van der Waals surface area contributed by atoms with Crippen molar-refractivity contribution < 1.29 is 13.2 Å². The highest BCUT2D eigenvalue weighted by Crippen LogP contribution is 2.26. The zero-order valence-corrected chi connectivity index (χ0v) is 17.6. The van der Waals surface area contributed by atoms with Gasteiger partial charge < -0.3 is 5.32 Å². The van der Waals surface area contributed by atoms with Gasteiger partial charge in [-0.15, -0.1) is 0 Å². The molecule has 1 saturated heterocycles. The Kier molecular flexibility index (Phi) is 5.59. The summed E-state index contributed by atoms with van der Waals surface area (Å²) < 4.78 is 25.9. The summed E-state index contributed by atoms with van der Waals surface area (Å²) in [6.07, 6.45) is 0.599. The van der Waals surface area contributed by atoms with Crippen LogP contribution in [-0.2, 0) is 10.0 Å². The number of rotatable bonds is 5. The van der Waals surface area contributed by atoms with Crippen LogP contribution in [0, 0.1) is 6.92 Å². The highest BCUT2D eigenvalue weighted by Gasteiger charge is 2.29. The number of aryl methyl sites for hydroxylation is 1. The van der Waals surface area contributed by atoms with Crippen LogP contribution in [0.15, 0.2) is 78.9 Å². The molecule has 1 N–H and O–H groups in total. The lowest BCUT2D eigenvalue weighted by atomic mass is 9.97. The Bertz CT molecular complexity index is 1140. The summed E-state index contributed by atoms with van der Waals surface area (Å²) in [6.45, 7) is 2.47. The number of amides is 1. The SMILES string of the molecule is Cc1ccc(C(NC(=O)c2cccc(N3CCCS3(=O)=O)c2)c2ccccc2)cc1. The van der Waals surface area contributed by atoms with Gasteiger partial charge in [-0.25, -0.2) is 8.42 Å². The van der Waals surface area contributed by atoms with Crippen LogP contribution in [0.5, 0.6) is 0 Å². The molecule has 6 heteroatoms. The van der Waals surface area contributed by atoms with E-state index in [9.17, 15) is 13.2 Å². The summed E-state index contributed by atoms with van der Waals surface area (Å²) in [6, 6.07) is 24.4. The van der Waals surface area contributed by atoms with E-state index in [0.29, 0.717) is 24.2 Å². The van der Waals surface area contributed by atoms with Crippen molar-refractivity contribution >= 4 is 21.6 Å². The van der Waals surface area contributed by atoms with E-state index in [0.717, 1.165) is 16.7 Å². The van der Waals surface area contributed by atoms with Crippen molar-refractivity contribution in [2.45, 2.75) is 19.4 Å². The van der Waals surface area contributed by atoms with Crippen LogP contribution in [0.25, 0.3) is 0 Å². The van der Waals surface area contributed by atoms with Gasteiger partial charge in [-0.3, -0.25) is 9.10 Å². The van der Waals surface area contributed by atoms with Crippen LogP contribution in [-0.4, -0.2) is 26.6 Å². The number of hydrogen-bond donors (Lipinski definition) is 1. The minimum Gasteiger partial charge on any atom is -0.341 e. The zero-order valence-electron chi connectivity index (χ0n) is 16.8. The molecule has 0 aromatic heterocycles. The van der Waals surface area contributed by atoms with Gasteiger partial charge in [0.25, 0.3) is 5.91 Å². The standard InChI is InChI=1S/C24H24N2O3S/c1-18-11-13-20(14-12-18)23(19-7-3-2-4-8-19)25-24(27)21-9-5-10-22(17-21)26-15-6-16-30(26,28)29/h2-5,7-14,17,23H,6,15-16H2,1H3,(H,25,27). The summed E-state index contributed by atoms with van der Waals surface area (Å²) in [5.74, 6) is -0.102. The second-order valence-electron chi connectivity index (χ2n) is 7.52. The Morgan fingerprint density at radius 2 is 1.63 bits per heavy atom. The van der Waals surface area contributed by atoms with Crippen molar-refractivity contribution in [3.63, 3.8) is 0 Å². The molecule has 3 aromatic rings. The second-order valence-corrected chi connectivity index (χ2v) is 9.53. The number of nitrogens with one attached hydrogen (secondary N) is 1. The van der Waals surface area contributed by atoms with Gasteiger partial charge >= 0.3 is 0 Å². The Labute approximate surface area is 177 Å². The van der Waals surface area contributed by atoms with Crippen LogP contribution in [0.1, 0.15) is 39.5 Å². The summed E-state index contributed by atoms with van der Waals surface area (Å²) in [7, 11) is -3.29. The number of benzene rings is 3. The van der Waals surface area contributed by atoms with Crippen LogP contribution in [0.3, 0.4) is 0 Å². The molecule has 154 valence electrons. The first kappa shape index (κ1) is 20.2. The van der Waals surface area contributed by atoms with Gasteiger partial charge in [0.1, 0.15) is 0 Å². The highest BCUT2D eigenvalue weighted by atomic mass is 32.2. The molecular weight excluding hydrogens is 396 g/mol. The Morgan fingerprint density at radius 3 is 2.30 bits per heavy atom. The minimum absolute atomic E-state index is 0.146. The molecule has 1 fully saturated rings. The predicted molar refractivity (Wildman–Crippen MR) is 119 cm³/mol. The van der Waals surface area contributed by atoms with E-state index in [1.165, 1.54) is 4.31 Å². The van der Waals surface area contributed by atoms with Crippen molar-refractivity contribution in [1.29, 1.82) is 0 Å². The van der Waals surface area contributed by atoms with E-state index in [4.69, 9.17) is 0 Å². The molecular formula is C24H24N2O3S. The van der Waals surface area contributed by atoms with E-state index >= 15 is 0 Å². The molecule has 1 heterocycles. The van der Waals surface area contributed by atoms with Crippen LogP contribution in [0.4, 0.5) is 5.69 Å². The van der Waals surface area contributed by atoms with Crippen LogP contribution in [0.2, 0.25) is 0 Å². The molecule has 4 rings (SSSR count). The first-order chi connectivity index (χ1) is 14.4. The Morgan fingerprint density at radius 1 is 0.933 bits per heavy atom. The normalized spacial score (nSPS) is 16.2. The van der Waals surface area contributed by atoms with Crippen LogP contribution < -0.4 is 9.62 Å². The van der Waals surface area contributed by atoms with Crippen molar-refractivity contribution in [2.24, 2.45) is 0 Å². The Balaban J connectivity index is 1.63. The molecule has 3 aromatic carbocycles. The van der Waals surface area contributed by atoms with Crippen molar-refractivity contribution in [3.8, 4) is 0 Å². The second kappa shape index (κ2) is 8.32. The third-order valence-electron chi connectivity index (χ3n) is 5.31. The summed E-state index contributed by atoms with van der Waals surface area (Å²) in [5, 5.41) is 3.12. The molecule has 1 amide bonds. The molecule has 0 bridgehead atoms. The number of hydrogen-bond acceptors (Lipinski definition) is 3. The number of carbonyl (C=O) groups is 1. The zero-order chi connectivity index (χ0) is 21.1. The molecule has 0 aliphatic carbocycles. The van der Waals surface area contributed by atoms with Gasteiger partial charge in [-0.1, -0.05) is 66.2 Å². The summed E-state index contributed by atoms with van der Waals surface area (Å²) in [5.41, 5.74) is 4.08. The molecule has 30 heavy (non-hydrogen) atoms. The number of sulfonamides is 1. The number of carbonyl (C=O) groups excluding carboxylic acids is 1. The fourth-order valence-electron chi connectivity index (χ4n) is 3.71. The predicted octanol–water partition coefficient (Wildman–Crippen LogP) is 4.05. The topological polar surface area (TPSA) is 66.5 Å². The quantitative estimate of drug-likeness (QED) is 0.677. The molecule has 1 aliphatic rings. The fraction of sp³-hybridized carbons (Fsp3) is 0.208. The highest BCUT2D eigenvalue weighted by molar-refractivity contribution is 7.93. The first-order valence-corrected chi connectivity index (χ1v) is 11.6. The average molecular weight is 421 g/mol. The molecule has 1 aliphatic heterocycles. The van der Waals surface area contributed by atoms with E-state index in [-0.39, 0.29) is 17.7 Å². The number of anilines is 1. The third-order valence-corrected chi connectivity index (χ3v) is 7.18. The van der Waals surface area contributed by atoms with Crippen molar-refractivity contribution in [1.82, 2.24) is 5.32 Å². The summed E-state index contributed by atoms with van der Waals surface area (Å²) >= 11 is 0. The van der Waals surface area contributed by atoms with Gasteiger partial charge in [0, 0.05) is 12.1 Å². The lowest BCUT2D eigenvalue weighted by Gasteiger charge is -2.21. The average Bonchev–Trinajstić information content (AvgIpc) is 3.12.